The second-order valence-corrected chi connectivity index (χ2v) is 3.40. The second kappa shape index (κ2) is 7.20. The molecule has 0 saturated carbocycles. The molecule has 92 valence electrons. The summed E-state index contributed by atoms with van der Waals surface area (Å²) in [6.07, 6.45) is -0.349. The zero-order valence-electron chi connectivity index (χ0n) is 10.0. The molecule has 16 heavy (non-hydrogen) atoms. The maximum absolute atomic E-state index is 11.1. The average Bonchev–Trinajstić information content (AvgIpc) is 2.26. The van der Waals surface area contributed by atoms with Gasteiger partial charge in [0.1, 0.15) is 0 Å². The van der Waals surface area contributed by atoms with Crippen LogP contribution in [0.2, 0.25) is 0 Å². The highest BCUT2D eigenvalue weighted by molar-refractivity contribution is 5.77. The van der Waals surface area contributed by atoms with Crippen LogP contribution in [0.4, 0.5) is 0 Å². The first-order valence-electron chi connectivity index (χ1n) is 5.44. The standard InChI is InChI=1S/C11H19NO4/c1-4-11(8-12,10(13)14)7-9(15-5-2)16-6-3/h9H,4-7H2,1-3H3,(H,13,14). The highest BCUT2D eigenvalue weighted by atomic mass is 16.7. The molecule has 0 fully saturated rings. The number of hydrogen-bond donors (Lipinski definition) is 1. The fraction of sp³-hybridized carbons (Fsp3) is 0.818. The van der Waals surface area contributed by atoms with Crippen molar-refractivity contribution in [2.24, 2.45) is 5.41 Å². The highest BCUT2D eigenvalue weighted by Gasteiger charge is 2.40. The van der Waals surface area contributed by atoms with Crippen LogP contribution in [-0.4, -0.2) is 30.6 Å². The Morgan fingerprint density at radius 2 is 1.88 bits per heavy atom. The molecular formula is C11H19NO4. The Labute approximate surface area is 96.0 Å². The van der Waals surface area contributed by atoms with Gasteiger partial charge >= 0.3 is 5.97 Å². The lowest BCUT2D eigenvalue weighted by molar-refractivity contribution is -0.168. The van der Waals surface area contributed by atoms with Gasteiger partial charge in [0.05, 0.1) is 6.07 Å². The van der Waals surface area contributed by atoms with Crippen LogP contribution in [0, 0.1) is 16.7 Å². The third-order valence-electron chi connectivity index (χ3n) is 2.45. The minimum Gasteiger partial charge on any atom is -0.480 e. The van der Waals surface area contributed by atoms with Gasteiger partial charge in [0.25, 0.3) is 0 Å². The quantitative estimate of drug-likeness (QED) is 0.642. The van der Waals surface area contributed by atoms with Crippen molar-refractivity contribution in [1.82, 2.24) is 0 Å². The SMILES string of the molecule is CCOC(CC(C#N)(CC)C(=O)O)OCC. The van der Waals surface area contributed by atoms with Crippen LogP contribution in [0.15, 0.2) is 0 Å². The third kappa shape index (κ3) is 3.80. The summed E-state index contributed by atoms with van der Waals surface area (Å²) < 4.78 is 10.5. The summed E-state index contributed by atoms with van der Waals surface area (Å²) in [4.78, 5) is 11.1. The Morgan fingerprint density at radius 3 is 2.12 bits per heavy atom. The molecular weight excluding hydrogens is 210 g/mol. The van der Waals surface area contributed by atoms with Gasteiger partial charge in [0, 0.05) is 19.6 Å². The van der Waals surface area contributed by atoms with E-state index in [-0.39, 0.29) is 12.8 Å². The van der Waals surface area contributed by atoms with E-state index in [4.69, 9.17) is 19.8 Å². The van der Waals surface area contributed by atoms with Crippen molar-refractivity contribution >= 4 is 5.97 Å². The molecule has 0 aliphatic rings. The molecule has 0 aromatic carbocycles. The topological polar surface area (TPSA) is 79.5 Å². The minimum absolute atomic E-state index is 0.0526. The zero-order valence-corrected chi connectivity index (χ0v) is 10.0. The van der Waals surface area contributed by atoms with Crippen molar-refractivity contribution in [2.45, 2.75) is 39.9 Å². The van der Waals surface area contributed by atoms with E-state index < -0.39 is 17.7 Å². The smallest absolute Gasteiger partial charge is 0.324 e. The van der Waals surface area contributed by atoms with Crippen LogP contribution in [0.5, 0.6) is 0 Å². The maximum atomic E-state index is 11.1. The van der Waals surface area contributed by atoms with Crippen LogP contribution < -0.4 is 0 Å². The Balaban J connectivity index is 4.70. The molecule has 0 aromatic rings. The second-order valence-electron chi connectivity index (χ2n) is 3.40. The van der Waals surface area contributed by atoms with Crippen molar-refractivity contribution in [3.05, 3.63) is 0 Å². The molecule has 0 aromatic heterocycles. The van der Waals surface area contributed by atoms with Gasteiger partial charge in [-0.3, -0.25) is 4.79 Å². The van der Waals surface area contributed by atoms with E-state index in [9.17, 15) is 4.79 Å². The number of ether oxygens (including phenoxy) is 2. The number of nitriles is 1. The zero-order chi connectivity index (χ0) is 12.6. The minimum atomic E-state index is -1.42. The van der Waals surface area contributed by atoms with Gasteiger partial charge in [-0.25, -0.2) is 0 Å². The molecule has 0 aliphatic heterocycles. The van der Waals surface area contributed by atoms with E-state index in [1.54, 1.807) is 20.8 Å². The van der Waals surface area contributed by atoms with Gasteiger partial charge in [0.15, 0.2) is 11.7 Å². The van der Waals surface area contributed by atoms with Crippen molar-refractivity contribution in [3.63, 3.8) is 0 Å². The molecule has 0 radical (unpaired) electrons. The molecule has 1 unspecified atom stereocenters. The Morgan fingerprint density at radius 1 is 1.38 bits per heavy atom. The van der Waals surface area contributed by atoms with E-state index in [2.05, 4.69) is 0 Å². The van der Waals surface area contributed by atoms with E-state index in [0.717, 1.165) is 0 Å². The summed E-state index contributed by atoms with van der Waals surface area (Å²) in [6, 6.07) is 1.85. The molecule has 0 aliphatic carbocycles. The first-order valence-corrected chi connectivity index (χ1v) is 5.44. The van der Waals surface area contributed by atoms with Crippen LogP contribution in [-0.2, 0) is 14.3 Å². The van der Waals surface area contributed by atoms with Crippen LogP contribution in [0.25, 0.3) is 0 Å². The monoisotopic (exact) mass is 229 g/mol. The van der Waals surface area contributed by atoms with E-state index >= 15 is 0 Å². The molecule has 0 rings (SSSR count). The first kappa shape index (κ1) is 14.9. The molecule has 0 saturated heterocycles. The van der Waals surface area contributed by atoms with Crippen molar-refractivity contribution < 1.29 is 19.4 Å². The molecule has 1 atom stereocenters. The Kier molecular flexibility index (Phi) is 6.70. The van der Waals surface area contributed by atoms with E-state index in [1.165, 1.54) is 0 Å². The maximum Gasteiger partial charge on any atom is 0.324 e. The molecule has 5 nitrogen and oxygen atoms in total. The predicted molar refractivity (Wildman–Crippen MR) is 57.6 cm³/mol. The van der Waals surface area contributed by atoms with Gasteiger partial charge in [-0.2, -0.15) is 5.26 Å². The number of rotatable bonds is 8. The number of carboxylic acids is 1. The lowest BCUT2D eigenvalue weighted by atomic mass is 9.83. The fourth-order valence-corrected chi connectivity index (χ4v) is 1.38. The summed E-state index contributed by atoms with van der Waals surface area (Å²) in [5, 5.41) is 18.1. The summed E-state index contributed by atoms with van der Waals surface area (Å²) >= 11 is 0. The summed E-state index contributed by atoms with van der Waals surface area (Å²) in [5.41, 5.74) is -1.42. The van der Waals surface area contributed by atoms with Gasteiger partial charge in [-0.1, -0.05) is 6.92 Å². The van der Waals surface area contributed by atoms with Crippen molar-refractivity contribution in [2.75, 3.05) is 13.2 Å². The van der Waals surface area contributed by atoms with Gasteiger partial charge in [-0.15, -0.1) is 0 Å². The van der Waals surface area contributed by atoms with Gasteiger partial charge in [-0.05, 0) is 20.3 Å². The Hall–Kier alpha value is -1.12. The lowest BCUT2D eigenvalue weighted by Gasteiger charge is -2.25. The van der Waals surface area contributed by atoms with E-state index in [1.807, 2.05) is 6.07 Å². The third-order valence-corrected chi connectivity index (χ3v) is 2.45. The van der Waals surface area contributed by atoms with Gasteiger partial charge < -0.3 is 14.6 Å². The van der Waals surface area contributed by atoms with Crippen molar-refractivity contribution in [3.8, 4) is 6.07 Å². The molecule has 0 heterocycles. The Bertz CT molecular complexity index is 255. The van der Waals surface area contributed by atoms with E-state index in [0.29, 0.717) is 13.2 Å². The number of nitrogens with zero attached hydrogens (tertiary/aromatic N) is 1. The van der Waals surface area contributed by atoms with Gasteiger partial charge in [0.2, 0.25) is 0 Å². The molecule has 5 heteroatoms. The van der Waals surface area contributed by atoms with Crippen LogP contribution in [0.1, 0.15) is 33.6 Å². The number of carboxylic acid groups (broad SMARTS) is 1. The molecule has 0 bridgehead atoms. The predicted octanol–water partition coefficient (Wildman–Crippen LogP) is 1.78. The molecule has 0 spiro atoms. The summed E-state index contributed by atoms with van der Waals surface area (Å²) in [5.74, 6) is -1.12. The fourth-order valence-electron chi connectivity index (χ4n) is 1.38. The molecule has 1 N–H and O–H groups in total. The normalized spacial score (nSPS) is 14.4. The van der Waals surface area contributed by atoms with Crippen molar-refractivity contribution in [1.29, 1.82) is 5.26 Å². The summed E-state index contributed by atoms with van der Waals surface area (Å²) in [7, 11) is 0. The van der Waals surface area contributed by atoms with Crippen LogP contribution in [0.3, 0.4) is 0 Å². The largest absolute Gasteiger partial charge is 0.480 e. The van der Waals surface area contributed by atoms with Crippen LogP contribution >= 0.6 is 0 Å². The number of aliphatic carboxylic acids is 1. The first-order chi connectivity index (χ1) is 7.56. The highest BCUT2D eigenvalue weighted by Crippen LogP contribution is 2.29. The number of carbonyl (C=O) groups is 1. The average molecular weight is 229 g/mol. The lowest BCUT2D eigenvalue weighted by Crippen LogP contribution is -2.35. The summed E-state index contributed by atoms with van der Waals surface area (Å²) in [6.45, 7) is 6.12. The molecule has 0 amide bonds. The number of hydrogen-bond acceptors (Lipinski definition) is 4.